The molecule has 1 aliphatic carbocycles. The summed E-state index contributed by atoms with van der Waals surface area (Å²) in [5.41, 5.74) is 1.40. The Morgan fingerprint density at radius 2 is 1.92 bits per heavy atom. The van der Waals surface area contributed by atoms with Gasteiger partial charge in [0.15, 0.2) is 5.96 Å². The van der Waals surface area contributed by atoms with Crippen molar-refractivity contribution in [3.05, 3.63) is 35.9 Å². The van der Waals surface area contributed by atoms with E-state index in [0.29, 0.717) is 18.6 Å². The minimum absolute atomic E-state index is 0. The van der Waals surface area contributed by atoms with Gasteiger partial charge in [0, 0.05) is 31.6 Å². The molecule has 0 bridgehead atoms. The molecule has 1 aliphatic heterocycles. The van der Waals surface area contributed by atoms with E-state index < -0.39 is 0 Å². The Hall–Kier alpha value is -1.31. The van der Waals surface area contributed by atoms with Gasteiger partial charge in [-0.2, -0.15) is 0 Å². The highest BCUT2D eigenvalue weighted by Gasteiger charge is 2.40. The quantitative estimate of drug-likeness (QED) is 0.310. The van der Waals surface area contributed by atoms with Crippen molar-refractivity contribution in [1.29, 1.82) is 0 Å². The average Bonchev–Trinajstić information content (AvgIpc) is 3.42. The van der Waals surface area contributed by atoms with E-state index in [1.165, 1.54) is 5.56 Å². The predicted molar refractivity (Wildman–Crippen MR) is 115 cm³/mol. The van der Waals surface area contributed by atoms with Gasteiger partial charge in [0.25, 0.3) is 0 Å². The van der Waals surface area contributed by atoms with Gasteiger partial charge >= 0.3 is 5.97 Å². The number of likely N-dealkylation sites (tertiary alicyclic amines) is 1. The van der Waals surface area contributed by atoms with Gasteiger partial charge in [-0.1, -0.05) is 30.3 Å². The van der Waals surface area contributed by atoms with E-state index in [1.54, 1.807) is 0 Å². The minimum Gasteiger partial charge on any atom is -0.466 e. The number of piperidine rings is 1. The summed E-state index contributed by atoms with van der Waals surface area (Å²) >= 11 is 0. The summed E-state index contributed by atoms with van der Waals surface area (Å²) in [4.78, 5) is 18.9. The highest BCUT2D eigenvalue weighted by Crippen LogP contribution is 2.40. The number of nitrogens with one attached hydrogen (secondary N) is 1. The van der Waals surface area contributed by atoms with Crippen molar-refractivity contribution < 1.29 is 9.53 Å². The molecular formula is C20H30IN3O2. The third-order valence-corrected chi connectivity index (χ3v) is 5.05. The maximum atomic E-state index is 11.9. The van der Waals surface area contributed by atoms with Gasteiger partial charge in [0.05, 0.1) is 12.5 Å². The second kappa shape index (κ2) is 10.1. The van der Waals surface area contributed by atoms with E-state index >= 15 is 0 Å². The number of ether oxygens (including phenoxy) is 1. The molecule has 0 radical (unpaired) electrons. The number of hydrogen-bond donors (Lipinski definition) is 1. The van der Waals surface area contributed by atoms with E-state index in [9.17, 15) is 4.79 Å². The summed E-state index contributed by atoms with van der Waals surface area (Å²) in [5, 5.41) is 3.64. The van der Waals surface area contributed by atoms with Gasteiger partial charge in [0.1, 0.15) is 0 Å². The number of esters is 1. The lowest BCUT2D eigenvalue weighted by atomic mass is 9.97. The van der Waals surface area contributed by atoms with Crippen LogP contribution in [0.4, 0.5) is 0 Å². The van der Waals surface area contributed by atoms with E-state index in [-0.39, 0.29) is 35.9 Å². The maximum Gasteiger partial charge on any atom is 0.309 e. The molecule has 0 amide bonds. The first-order valence-corrected chi connectivity index (χ1v) is 9.50. The fraction of sp³-hybridized carbons (Fsp3) is 0.600. The second-order valence-corrected chi connectivity index (χ2v) is 6.82. The largest absolute Gasteiger partial charge is 0.466 e. The number of carbonyl (C=O) groups excluding carboxylic acids is 1. The van der Waals surface area contributed by atoms with E-state index in [4.69, 9.17) is 4.74 Å². The number of guanidine groups is 1. The molecular weight excluding hydrogens is 441 g/mol. The molecule has 1 saturated carbocycles. The lowest BCUT2D eigenvalue weighted by molar-refractivity contribution is -0.149. The zero-order valence-corrected chi connectivity index (χ0v) is 18.0. The Morgan fingerprint density at radius 3 is 2.54 bits per heavy atom. The normalized spacial score (nSPS) is 23.2. The van der Waals surface area contributed by atoms with Crippen LogP contribution in [0.2, 0.25) is 0 Å². The summed E-state index contributed by atoms with van der Waals surface area (Å²) in [6, 6.07) is 11.1. The smallest absolute Gasteiger partial charge is 0.309 e. The van der Waals surface area contributed by atoms with Crippen LogP contribution in [-0.2, 0) is 9.53 Å². The van der Waals surface area contributed by atoms with Crippen LogP contribution in [0.25, 0.3) is 0 Å². The molecule has 2 unspecified atom stereocenters. The van der Waals surface area contributed by atoms with E-state index in [0.717, 1.165) is 44.9 Å². The Bertz CT molecular complexity index is 600. The van der Waals surface area contributed by atoms with Crippen LogP contribution >= 0.6 is 24.0 Å². The molecule has 1 aromatic carbocycles. The van der Waals surface area contributed by atoms with E-state index in [1.807, 2.05) is 6.92 Å². The molecule has 2 fully saturated rings. The molecule has 5 nitrogen and oxygen atoms in total. The van der Waals surface area contributed by atoms with Crippen molar-refractivity contribution in [2.24, 2.45) is 10.9 Å². The molecule has 26 heavy (non-hydrogen) atoms. The molecule has 144 valence electrons. The summed E-state index contributed by atoms with van der Waals surface area (Å²) in [5.74, 6) is 1.57. The molecule has 1 aromatic rings. The van der Waals surface area contributed by atoms with Gasteiger partial charge in [0.2, 0.25) is 0 Å². The van der Waals surface area contributed by atoms with Crippen LogP contribution in [0.3, 0.4) is 0 Å². The zero-order chi connectivity index (χ0) is 17.6. The highest BCUT2D eigenvalue weighted by molar-refractivity contribution is 14.0. The number of benzene rings is 1. The topological polar surface area (TPSA) is 53.9 Å². The maximum absolute atomic E-state index is 11.9. The minimum atomic E-state index is -0.0459. The van der Waals surface area contributed by atoms with Gasteiger partial charge in [-0.3, -0.25) is 9.79 Å². The van der Waals surface area contributed by atoms with Crippen LogP contribution in [-0.4, -0.2) is 49.1 Å². The van der Waals surface area contributed by atoms with Crippen molar-refractivity contribution in [3.8, 4) is 0 Å². The first-order chi connectivity index (χ1) is 12.2. The molecule has 2 atom stereocenters. The van der Waals surface area contributed by atoms with Crippen molar-refractivity contribution in [3.63, 3.8) is 0 Å². The van der Waals surface area contributed by atoms with Gasteiger partial charge in [-0.25, -0.2) is 0 Å². The standard InChI is InChI=1S/C20H29N3O2.HI/c1-3-21-20(22-18-14-17(18)15-8-6-5-7-9-15)23-12-10-16(11-13-23)19(24)25-4-2;/h5-9,16-18H,3-4,10-14H2,1-2H3,(H,21,22);1H. The second-order valence-electron chi connectivity index (χ2n) is 6.82. The van der Waals surface area contributed by atoms with Gasteiger partial charge in [-0.15, -0.1) is 24.0 Å². The first kappa shape index (κ1) is 21.0. The summed E-state index contributed by atoms with van der Waals surface area (Å²) in [6.07, 6.45) is 2.85. The Morgan fingerprint density at radius 1 is 1.23 bits per heavy atom. The van der Waals surface area contributed by atoms with Crippen LogP contribution in [0.15, 0.2) is 35.3 Å². The van der Waals surface area contributed by atoms with Crippen molar-refractivity contribution >= 4 is 35.9 Å². The van der Waals surface area contributed by atoms with Gasteiger partial charge in [-0.05, 0) is 38.7 Å². The number of rotatable bonds is 5. The Balaban J connectivity index is 0.00000243. The summed E-state index contributed by atoms with van der Waals surface area (Å²) in [7, 11) is 0. The van der Waals surface area contributed by atoms with Gasteiger partial charge < -0.3 is 15.0 Å². The summed E-state index contributed by atoms with van der Waals surface area (Å²) in [6.45, 7) is 6.88. The monoisotopic (exact) mass is 471 g/mol. The lowest BCUT2D eigenvalue weighted by Gasteiger charge is -2.33. The molecule has 1 heterocycles. The molecule has 2 aliphatic rings. The molecule has 3 rings (SSSR count). The fourth-order valence-electron chi connectivity index (χ4n) is 3.56. The zero-order valence-electron chi connectivity index (χ0n) is 15.7. The fourth-order valence-corrected chi connectivity index (χ4v) is 3.56. The Kier molecular flexibility index (Phi) is 8.18. The molecule has 6 heteroatoms. The van der Waals surface area contributed by atoms with E-state index in [2.05, 4.69) is 52.5 Å². The molecule has 1 saturated heterocycles. The number of hydrogen-bond acceptors (Lipinski definition) is 3. The average molecular weight is 471 g/mol. The Labute approximate surface area is 173 Å². The van der Waals surface area contributed by atoms with Crippen molar-refractivity contribution in [1.82, 2.24) is 10.2 Å². The highest BCUT2D eigenvalue weighted by atomic mass is 127. The van der Waals surface area contributed by atoms with Crippen molar-refractivity contribution in [2.45, 2.75) is 45.1 Å². The third kappa shape index (κ3) is 5.34. The first-order valence-electron chi connectivity index (χ1n) is 9.50. The van der Waals surface area contributed by atoms with Crippen LogP contribution in [0.1, 0.15) is 44.6 Å². The molecule has 0 aromatic heterocycles. The third-order valence-electron chi connectivity index (χ3n) is 5.05. The molecule has 0 spiro atoms. The SMILES string of the molecule is CCN=C(NC1CC1c1ccccc1)N1CCC(C(=O)OCC)CC1.I. The van der Waals surface area contributed by atoms with Crippen LogP contribution in [0, 0.1) is 5.92 Å². The predicted octanol–water partition coefficient (Wildman–Crippen LogP) is 3.40. The van der Waals surface area contributed by atoms with Crippen LogP contribution in [0.5, 0.6) is 0 Å². The number of carbonyl (C=O) groups is 1. The number of aliphatic imine (C=N–C) groups is 1. The number of nitrogens with zero attached hydrogens (tertiary/aromatic N) is 2. The van der Waals surface area contributed by atoms with Crippen LogP contribution < -0.4 is 5.32 Å². The van der Waals surface area contributed by atoms with Crippen molar-refractivity contribution in [2.75, 3.05) is 26.2 Å². The summed E-state index contributed by atoms with van der Waals surface area (Å²) < 4.78 is 5.16. The lowest BCUT2D eigenvalue weighted by Crippen LogP contribution is -2.47. The molecule has 1 N–H and O–H groups in total. The number of halogens is 1.